The molecule has 17 rings (SSSR count). The Morgan fingerprint density at radius 3 is 0.958 bits per heavy atom. The van der Waals surface area contributed by atoms with E-state index in [2.05, 4.69) is 26.3 Å². The van der Waals surface area contributed by atoms with Crippen LogP contribution in [0.4, 0.5) is 46.0 Å². The highest BCUT2D eigenvalue weighted by Crippen LogP contribution is 2.42. The van der Waals surface area contributed by atoms with Crippen LogP contribution in [0.2, 0.25) is 0 Å². The number of hydrogen-bond donors (Lipinski definition) is 12. The van der Waals surface area contributed by atoms with Gasteiger partial charge in [0.25, 0.3) is 0 Å². The highest BCUT2D eigenvalue weighted by Gasteiger charge is 2.33. The third kappa shape index (κ3) is 19.6. The number of aromatic nitrogens is 8. The number of aliphatic hydroxyl groups is 4. The molecule has 0 aliphatic heterocycles. The zero-order chi connectivity index (χ0) is 84.3. The van der Waals surface area contributed by atoms with E-state index in [4.69, 9.17) is 57.8 Å². The van der Waals surface area contributed by atoms with Gasteiger partial charge in [-0.05, 0) is 176 Å². The number of benzene rings is 8. The Balaban J connectivity index is 0.000000131. The molecule has 1 saturated carbocycles. The van der Waals surface area contributed by atoms with Crippen LogP contribution in [0, 0.1) is 17.8 Å². The van der Waals surface area contributed by atoms with Crippen molar-refractivity contribution < 1.29 is 39.6 Å². The number of fused-ring (bicyclic) bond motifs is 12. The van der Waals surface area contributed by atoms with Crippen molar-refractivity contribution in [2.75, 3.05) is 44.2 Å². The van der Waals surface area contributed by atoms with Crippen LogP contribution in [0.3, 0.4) is 0 Å². The Bertz CT molecular complexity index is 5740. The number of nitrogens with two attached hydrogens (primary N) is 4. The van der Waals surface area contributed by atoms with Crippen molar-refractivity contribution in [3.8, 4) is 45.0 Å². The third-order valence-electron chi connectivity index (χ3n) is 22.4. The summed E-state index contributed by atoms with van der Waals surface area (Å²) < 4.78 is 0. The summed E-state index contributed by atoms with van der Waals surface area (Å²) >= 11 is 0. The number of aryl methyl sites for hydroxylation is 8. The largest absolute Gasteiger partial charge is 0.399 e. The number of nitrogens with zero attached hydrogens (tertiary/aromatic N) is 8. The fourth-order valence-corrected chi connectivity index (χ4v) is 16.0. The number of hydrogen-bond acceptors (Lipinski definition) is 20. The molecular formula is C96H102N16O8. The summed E-state index contributed by atoms with van der Waals surface area (Å²) in [6.45, 7) is 9.22. The van der Waals surface area contributed by atoms with E-state index in [0.717, 1.165) is 141 Å². The molecule has 0 saturated heterocycles. The maximum atomic E-state index is 12.9. The molecule has 5 aliphatic carbocycles. The molecule has 5 unspecified atom stereocenters. The summed E-state index contributed by atoms with van der Waals surface area (Å²) in [5.74, 6) is 1.23. The van der Waals surface area contributed by atoms with Crippen LogP contribution < -0.4 is 44.2 Å². The van der Waals surface area contributed by atoms with Gasteiger partial charge in [0, 0.05) is 70.7 Å². The van der Waals surface area contributed by atoms with Crippen LogP contribution in [0.1, 0.15) is 200 Å². The van der Waals surface area contributed by atoms with Crippen LogP contribution in [0.5, 0.6) is 0 Å². The van der Waals surface area contributed by atoms with E-state index in [0.29, 0.717) is 130 Å². The molecule has 120 heavy (non-hydrogen) atoms. The standard InChI is InChI=1S/C27H30N4O2.2C24H26N4O2.C21H20N4O2/c28-20-12-13-21-19(16-20)11-14-22-24(21)31-25(26(33)18-9-5-2-6-10-18)27(29-22)30-23(32)15-17-7-3-1-4-8-17;1-14(2)12-20(29)27-24-22(23(30)15-6-4-3-5-7-15)28-21-18-10-9-17(25)13-16(18)8-11-19(21)26-24;1-3-14(2)24(30)28-23-21(22(29)15-7-5-4-6-8-15)27-20-18-11-10-17(25)13-16(18)9-12-19(20)26-23;1-12(26)23-21-19(20(27)13-5-3-2-4-6-13)25-18-16-9-8-15(22)11-14(16)7-10-17(18)24-21/h2,5-6,9-10,12-13,16-17,26,33H,1,3-4,7-8,11,14-15,28H2,(H,29,30,32);3-7,9-10,13-14,23,30H,8,11-12,25H2,1-2H3,(H,26,27,29);4-8,10-11,13-14,22,29H,3,9,12,25H2,1-2H3,(H,26,28,30);2-6,8-9,11,20,27H,7,10,22H2,1H3,(H,23,24,26). The summed E-state index contributed by atoms with van der Waals surface area (Å²) in [4.78, 5) is 87.9. The van der Waals surface area contributed by atoms with E-state index in [9.17, 15) is 39.6 Å². The molecule has 1 fully saturated rings. The summed E-state index contributed by atoms with van der Waals surface area (Å²) in [5.41, 5.74) is 45.5. The minimum atomic E-state index is -1.00. The Hall–Kier alpha value is -13.0. The monoisotopic (exact) mass is 1610 g/mol. The highest BCUT2D eigenvalue weighted by molar-refractivity contribution is 5.94. The molecule has 16 N–H and O–H groups in total. The molecule has 614 valence electrons. The van der Waals surface area contributed by atoms with Gasteiger partial charge in [-0.25, -0.2) is 39.9 Å². The fourth-order valence-electron chi connectivity index (χ4n) is 16.0. The Morgan fingerprint density at radius 2 is 0.667 bits per heavy atom. The van der Waals surface area contributed by atoms with E-state index < -0.39 is 24.4 Å². The molecule has 12 aromatic rings. The fraction of sp³-hybridized carbons (Fsp3) is 0.292. The normalized spacial score (nSPS) is 14.5. The number of amides is 4. The van der Waals surface area contributed by atoms with Gasteiger partial charge in [-0.15, -0.1) is 0 Å². The lowest BCUT2D eigenvalue weighted by molar-refractivity contribution is -0.119. The van der Waals surface area contributed by atoms with E-state index in [1.165, 1.54) is 26.2 Å². The summed E-state index contributed by atoms with van der Waals surface area (Å²) in [5, 5.41) is 55.8. The first-order valence-corrected chi connectivity index (χ1v) is 41.3. The van der Waals surface area contributed by atoms with Crippen LogP contribution in [-0.4, -0.2) is 83.9 Å². The smallest absolute Gasteiger partial charge is 0.228 e. The van der Waals surface area contributed by atoms with Crippen molar-refractivity contribution in [3.05, 3.63) is 284 Å². The second kappa shape index (κ2) is 37.7. The van der Waals surface area contributed by atoms with Crippen LogP contribution in [0.25, 0.3) is 45.0 Å². The number of anilines is 8. The summed E-state index contributed by atoms with van der Waals surface area (Å²) in [6, 6.07) is 60.2. The van der Waals surface area contributed by atoms with Gasteiger partial charge in [-0.3, -0.25) is 19.2 Å². The second-order valence-electron chi connectivity index (χ2n) is 31.8. The van der Waals surface area contributed by atoms with Gasteiger partial charge < -0.3 is 64.6 Å². The molecule has 8 aromatic carbocycles. The van der Waals surface area contributed by atoms with Crippen LogP contribution >= 0.6 is 0 Å². The predicted molar refractivity (Wildman–Crippen MR) is 469 cm³/mol. The molecule has 4 amide bonds. The first-order chi connectivity index (χ1) is 58.0. The average Bonchev–Trinajstić information content (AvgIpc) is 0.778. The van der Waals surface area contributed by atoms with Crippen molar-refractivity contribution in [3.63, 3.8) is 0 Å². The van der Waals surface area contributed by atoms with Gasteiger partial charge in [-0.2, -0.15) is 0 Å². The van der Waals surface area contributed by atoms with Gasteiger partial charge in [0.15, 0.2) is 23.3 Å². The van der Waals surface area contributed by atoms with Crippen LogP contribution in [0.15, 0.2) is 194 Å². The van der Waals surface area contributed by atoms with Gasteiger partial charge >= 0.3 is 0 Å². The Labute approximate surface area is 698 Å². The van der Waals surface area contributed by atoms with Crippen molar-refractivity contribution in [1.82, 2.24) is 39.9 Å². The number of aliphatic hydroxyl groups excluding tert-OH is 4. The van der Waals surface area contributed by atoms with Crippen molar-refractivity contribution in [2.45, 2.75) is 162 Å². The van der Waals surface area contributed by atoms with Crippen molar-refractivity contribution in [1.29, 1.82) is 0 Å². The molecule has 5 aliphatic rings. The number of carbonyl (C=O) groups is 4. The lowest BCUT2D eigenvalue weighted by Crippen LogP contribution is -2.24. The third-order valence-corrected chi connectivity index (χ3v) is 22.4. The predicted octanol–water partition coefficient (Wildman–Crippen LogP) is 15.5. The molecule has 24 heteroatoms. The van der Waals surface area contributed by atoms with E-state index in [1.54, 1.807) is 0 Å². The Kier molecular flexibility index (Phi) is 26.2. The van der Waals surface area contributed by atoms with Gasteiger partial charge in [0.2, 0.25) is 23.6 Å². The van der Waals surface area contributed by atoms with E-state index in [1.807, 2.05) is 222 Å². The zero-order valence-corrected chi connectivity index (χ0v) is 68.1. The van der Waals surface area contributed by atoms with Crippen molar-refractivity contribution >= 4 is 69.6 Å². The number of rotatable bonds is 18. The maximum Gasteiger partial charge on any atom is 0.228 e. The molecule has 0 bridgehead atoms. The topological polar surface area (TPSA) is 405 Å². The molecule has 0 radical (unpaired) electrons. The maximum absolute atomic E-state index is 12.9. The first kappa shape index (κ1) is 83.5. The van der Waals surface area contributed by atoms with Gasteiger partial charge in [-0.1, -0.05) is 193 Å². The molecule has 4 aromatic heterocycles. The van der Waals surface area contributed by atoms with Gasteiger partial charge in [0.05, 0.1) is 45.6 Å². The lowest BCUT2D eigenvalue weighted by atomic mass is 9.87. The lowest BCUT2D eigenvalue weighted by Gasteiger charge is -2.24. The van der Waals surface area contributed by atoms with Crippen molar-refractivity contribution in [2.24, 2.45) is 17.8 Å². The van der Waals surface area contributed by atoms with Crippen LogP contribution in [-0.2, 0) is 70.5 Å². The SMILES string of the molecule is CC(=O)Nc1nc2c(nc1C(O)c1ccccc1)-c1ccc(N)cc1CC2.CC(C)CC(=O)Nc1nc2c(nc1C(O)c1ccccc1)-c1ccc(N)cc1CC2.CCC(C)C(=O)Nc1nc2c(nc1C(O)c1ccccc1)-c1ccc(N)cc1CC2.Nc1ccc2c(c1)CCc1nc(NC(=O)CC3CCCCC3)c(C(O)c3ccccc3)nc1-2. The van der Waals surface area contributed by atoms with E-state index in [-0.39, 0.29) is 35.5 Å². The number of nitrogens with one attached hydrogen (secondary N) is 4. The average molecular weight is 1610 g/mol. The molecule has 24 nitrogen and oxygen atoms in total. The summed E-state index contributed by atoms with van der Waals surface area (Å²) in [7, 11) is 0. The quantitative estimate of drug-likeness (QED) is 0.0355. The second-order valence-corrected chi connectivity index (χ2v) is 31.8. The van der Waals surface area contributed by atoms with Gasteiger partial charge in [0.1, 0.15) is 47.2 Å². The zero-order valence-electron chi connectivity index (χ0n) is 68.1. The highest BCUT2D eigenvalue weighted by atomic mass is 16.3. The molecule has 5 atom stereocenters. The molecule has 4 heterocycles. The molecular weight excluding hydrogens is 1510 g/mol. The number of nitrogen functional groups attached to an aromatic ring is 4. The Morgan fingerprint density at radius 1 is 0.375 bits per heavy atom. The minimum absolute atomic E-state index is 0.0540. The summed E-state index contributed by atoms with van der Waals surface area (Å²) in [6.07, 6.45) is 9.49. The van der Waals surface area contributed by atoms with E-state index >= 15 is 0 Å². The molecule has 0 spiro atoms. The minimum Gasteiger partial charge on any atom is -0.399 e. The first-order valence-electron chi connectivity index (χ1n) is 41.3. The number of carbonyl (C=O) groups excluding carboxylic acids is 4.